The summed E-state index contributed by atoms with van der Waals surface area (Å²) < 4.78 is 11.3. The normalized spacial score (nSPS) is 23.0. The van der Waals surface area contributed by atoms with E-state index < -0.39 is 0 Å². The van der Waals surface area contributed by atoms with Gasteiger partial charge < -0.3 is 14.8 Å². The van der Waals surface area contributed by atoms with Gasteiger partial charge in [0, 0.05) is 0 Å². The summed E-state index contributed by atoms with van der Waals surface area (Å²) in [6.07, 6.45) is 1.28. The van der Waals surface area contributed by atoms with Gasteiger partial charge in [0.25, 0.3) is 0 Å². The molecule has 1 saturated heterocycles. The molecule has 0 saturated carbocycles. The zero-order valence-corrected chi connectivity index (χ0v) is 12.2. The van der Waals surface area contributed by atoms with Crippen LogP contribution in [0.25, 0.3) is 0 Å². The van der Waals surface area contributed by atoms with E-state index >= 15 is 0 Å². The Balaban J connectivity index is 2.09. The molecule has 0 aromatic heterocycles. The highest BCUT2D eigenvalue weighted by Crippen LogP contribution is 2.24. The molecule has 1 aromatic rings. The van der Waals surface area contributed by atoms with Crippen LogP contribution in [0.2, 0.25) is 0 Å². The molecule has 2 rings (SSSR count). The zero-order valence-electron chi connectivity index (χ0n) is 12.2. The monoisotopic (exact) mass is 263 g/mol. The van der Waals surface area contributed by atoms with Crippen LogP contribution < -0.4 is 5.32 Å². The van der Waals surface area contributed by atoms with Crippen molar-refractivity contribution in [2.45, 2.75) is 38.3 Å². The summed E-state index contributed by atoms with van der Waals surface area (Å²) in [6.45, 7) is 6.55. The topological polar surface area (TPSA) is 30.5 Å². The number of benzene rings is 1. The third kappa shape index (κ3) is 3.56. The molecule has 0 spiro atoms. The molecule has 3 atom stereocenters. The molecule has 0 bridgehead atoms. The summed E-state index contributed by atoms with van der Waals surface area (Å²) in [5.41, 5.74) is 2.67. The fraction of sp³-hybridized carbons (Fsp3) is 0.625. The molecule has 3 nitrogen and oxygen atoms in total. The predicted octanol–water partition coefficient (Wildman–Crippen LogP) is 2.88. The third-order valence-corrected chi connectivity index (χ3v) is 4.00. The Morgan fingerprint density at radius 2 is 1.89 bits per heavy atom. The van der Waals surface area contributed by atoms with Crippen molar-refractivity contribution in [2.24, 2.45) is 0 Å². The predicted molar refractivity (Wildman–Crippen MR) is 77.5 cm³/mol. The molecule has 106 valence electrons. The molecule has 1 N–H and O–H groups in total. The van der Waals surface area contributed by atoms with Gasteiger partial charge in [0.05, 0.1) is 25.9 Å². The van der Waals surface area contributed by atoms with Gasteiger partial charge in [-0.3, -0.25) is 0 Å². The Morgan fingerprint density at radius 1 is 1.21 bits per heavy atom. The van der Waals surface area contributed by atoms with Crippen LogP contribution >= 0.6 is 0 Å². The van der Waals surface area contributed by atoms with E-state index in [-0.39, 0.29) is 12.1 Å². The van der Waals surface area contributed by atoms with Crippen molar-refractivity contribution in [3.05, 3.63) is 35.4 Å². The van der Waals surface area contributed by atoms with Crippen LogP contribution in [0.4, 0.5) is 0 Å². The fourth-order valence-electron chi connectivity index (χ4n) is 2.53. The average molecular weight is 263 g/mol. The second-order valence-corrected chi connectivity index (χ2v) is 5.23. The van der Waals surface area contributed by atoms with Gasteiger partial charge in [-0.2, -0.15) is 0 Å². The fourth-order valence-corrected chi connectivity index (χ4v) is 2.53. The Morgan fingerprint density at radius 3 is 2.42 bits per heavy atom. The number of likely N-dealkylation sites (N-methyl/N-ethyl adjacent to an activating group) is 1. The Bertz CT molecular complexity index is 371. The smallest absolute Gasteiger partial charge is 0.100 e. The van der Waals surface area contributed by atoms with Gasteiger partial charge in [-0.1, -0.05) is 38.1 Å². The molecule has 3 unspecified atom stereocenters. The van der Waals surface area contributed by atoms with E-state index in [9.17, 15) is 0 Å². The Kier molecular flexibility index (Phi) is 5.37. The molecule has 0 radical (unpaired) electrons. The first-order valence-corrected chi connectivity index (χ1v) is 7.22. The zero-order chi connectivity index (χ0) is 13.7. The number of ether oxygens (including phenoxy) is 2. The lowest BCUT2D eigenvalue weighted by Crippen LogP contribution is -2.39. The molecule has 1 aromatic carbocycles. The van der Waals surface area contributed by atoms with E-state index in [2.05, 4.69) is 43.4 Å². The summed E-state index contributed by atoms with van der Waals surface area (Å²) >= 11 is 0. The lowest BCUT2D eigenvalue weighted by Gasteiger charge is -2.30. The highest BCUT2D eigenvalue weighted by atomic mass is 16.6. The van der Waals surface area contributed by atoms with Gasteiger partial charge in [-0.25, -0.2) is 0 Å². The Labute approximate surface area is 116 Å². The minimum Gasteiger partial charge on any atom is -0.376 e. The second kappa shape index (κ2) is 7.04. The van der Waals surface area contributed by atoms with E-state index in [4.69, 9.17) is 9.47 Å². The number of nitrogens with one attached hydrogen (secondary N) is 1. The quantitative estimate of drug-likeness (QED) is 0.886. The maximum absolute atomic E-state index is 5.80. The standard InChI is InChI=1S/C16H25NO2/c1-4-12(2)13-5-7-14(8-6-13)16(17-3)15-11-18-9-10-19-15/h5-8,12,15-17H,4,9-11H2,1-3H3. The molecule has 0 amide bonds. The van der Waals surface area contributed by atoms with Crippen LogP contribution in [0.1, 0.15) is 43.4 Å². The SMILES string of the molecule is CCC(C)c1ccc(C(NC)C2COCCO2)cc1. The van der Waals surface area contributed by atoms with Gasteiger partial charge in [0.2, 0.25) is 0 Å². The van der Waals surface area contributed by atoms with Crippen LogP contribution in [-0.2, 0) is 9.47 Å². The number of rotatable bonds is 5. The van der Waals surface area contributed by atoms with Gasteiger partial charge in [-0.15, -0.1) is 0 Å². The highest BCUT2D eigenvalue weighted by Gasteiger charge is 2.25. The molecular weight excluding hydrogens is 238 g/mol. The van der Waals surface area contributed by atoms with Crippen molar-refractivity contribution in [1.29, 1.82) is 0 Å². The van der Waals surface area contributed by atoms with Crippen LogP contribution in [0.5, 0.6) is 0 Å². The van der Waals surface area contributed by atoms with E-state index in [1.54, 1.807) is 0 Å². The highest BCUT2D eigenvalue weighted by molar-refractivity contribution is 5.28. The summed E-state index contributed by atoms with van der Waals surface area (Å²) in [5.74, 6) is 0.622. The molecule has 1 aliphatic rings. The molecule has 1 heterocycles. The van der Waals surface area contributed by atoms with E-state index in [0.29, 0.717) is 25.7 Å². The third-order valence-electron chi connectivity index (χ3n) is 4.00. The van der Waals surface area contributed by atoms with E-state index in [0.717, 1.165) is 0 Å². The maximum atomic E-state index is 5.80. The number of hydrogen-bond donors (Lipinski definition) is 1. The average Bonchev–Trinajstić information content (AvgIpc) is 2.49. The Hall–Kier alpha value is -0.900. The van der Waals surface area contributed by atoms with Crippen LogP contribution in [-0.4, -0.2) is 33.0 Å². The largest absolute Gasteiger partial charge is 0.376 e. The number of hydrogen-bond acceptors (Lipinski definition) is 3. The van der Waals surface area contributed by atoms with Gasteiger partial charge in [-0.05, 0) is 30.5 Å². The molecule has 3 heteroatoms. The summed E-state index contributed by atoms with van der Waals surface area (Å²) in [5, 5.41) is 3.35. The van der Waals surface area contributed by atoms with Gasteiger partial charge in [0.15, 0.2) is 0 Å². The molecule has 0 aliphatic carbocycles. The van der Waals surface area contributed by atoms with Crippen LogP contribution in [0.15, 0.2) is 24.3 Å². The molecule has 19 heavy (non-hydrogen) atoms. The molecular formula is C16H25NO2. The summed E-state index contributed by atoms with van der Waals surface area (Å²) in [4.78, 5) is 0. The lowest BCUT2D eigenvalue weighted by molar-refractivity contribution is -0.101. The summed E-state index contributed by atoms with van der Waals surface area (Å²) in [6, 6.07) is 9.09. The van der Waals surface area contributed by atoms with Crippen molar-refractivity contribution >= 4 is 0 Å². The van der Waals surface area contributed by atoms with Gasteiger partial charge in [0.1, 0.15) is 6.10 Å². The maximum Gasteiger partial charge on any atom is 0.100 e. The summed E-state index contributed by atoms with van der Waals surface area (Å²) in [7, 11) is 1.98. The first-order valence-electron chi connectivity index (χ1n) is 7.22. The van der Waals surface area contributed by atoms with Crippen molar-refractivity contribution in [3.8, 4) is 0 Å². The molecule has 1 fully saturated rings. The van der Waals surface area contributed by atoms with Crippen LogP contribution in [0.3, 0.4) is 0 Å². The van der Waals surface area contributed by atoms with Crippen molar-refractivity contribution < 1.29 is 9.47 Å². The van der Waals surface area contributed by atoms with Gasteiger partial charge >= 0.3 is 0 Å². The van der Waals surface area contributed by atoms with Crippen molar-refractivity contribution in [1.82, 2.24) is 5.32 Å². The van der Waals surface area contributed by atoms with E-state index in [1.807, 2.05) is 7.05 Å². The minimum absolute atomic E-state index is 0.105. The minimum atomic E-state index is 0.105. The lowest BCUT2D eigenvalue weighted by atomic mass is 9.94. The second-order valence-electron chi connectivity index (χ2n) is 5.23. The first-order chi connectivity index (χ1) is 9.26. The van der Waals surface area contributed by atoms with E-state index in [1.165, 1.54) is 17.5 Å². The van der Waals surface area contributed by atoms with Crippen LogP contribution in [0, 0.1) is 0 Å². The van der Waals surface area contributed by atoms with Crippen molar-refractivity contribution in [2.75, 3.05) is 26.9 Å². The molecule has 1 aliphatic heterocycles. The first kappa shape index (κ1) is 14.5. The van der Waals surface area contributed by atoms with Crippen molar-refractivity contribution in [3.63, 3.8) is 0 Å².